The molecule has 0 bridgehead atoms. The predicted molar refractivity (Wildman–Crippen MR) is 132 cm³/mol. The van der Waals surface area contributed by atoms with Crippen molar-refractivity contribution in [2.45, 2.75) is 18.7 Å². The average Bonchev–Trinajstić information content (AvgIpc) is 3.09. The number of sulfonamides is 1. The van der Waals surface area contributed by atoms with Crippen molar-refractivity contribution in [3.8, 4) is 10.6 Å². The van der Waals surface area contributed by atoms with Gasteiger partial charge in [-0.2, -0.15) is 0 Å². The number of aryl methyl sites for hydroxylation is 2. The van der Waals surface area contributed by atoms with E-state index in [0.29, 0.717) is 10.7 Å². The zero-order valence-electron chi connectivity index (χ0n) is 17.3. The van der Waals surface area contributed by atoms with Crippen LogP contribution in [0.2, 0.25) is 5.02 Å². The smallest absolute Gasteiger partial charge is 0.261 e. The van der Waals surface area contributed by atoms with Gasteiger partial charge in [-0.25, -0.2) is 13.4 Å². The predicted octanol–water partition coefficient (Wildman–Crippen LogP) is 6.58. The van der Waals surface area contributed by atoms with E-state index in [9.17, 15) is 8.42 Å². The number of thiophene rings is 1. The highest BCUT2D eigenvalue weighted by molar-refractivity contribution is 7.92. The number of fused-ring (bicyclic) bond motifs is 2. The van der Waals surface area contributed by atoms with E-state index in [1.165, 1.54) is 23.5 Å². The Hall–Kier alpha value is -3.00. The Morgan fingerprint density at radius 2 is 1.81 bits per heavy atom. The lowest BCUT2D eigenvalue weighted by molar-refractivity contribution is 0.601. The monoisotopic (exact) mass is 479 g/mol. The second-order valence-corrected chi connectivity index (χ2v) is 10.6. The average molecular weight is 480 g/mol. The van der Waals surface area contributed by atoms with E-state index in [0.717, 1.165) is 42.8 Å². The van der Waals surface area contributed by atoms with Crippen LogP contribution in [0.15, 0.2) is 71.8 Å². The second-order valence-electron chi connectivity index (χ2n) is 7.49. The van der Waals surface area contributed by atoms with E-state index >= 15 is 0 Å². The summed E-state index contributed by atoms with van der Waals surface area (Å²) >= 11 is 7.53. The minimum Gasteiger partial charge on any atom is -0.279 e. The summed E-state index contributed by atoms with van der Waals surface area (Å²) in [6, 6.07) is 18.0. The summed E-state index contributed by atoms with van der Waals surface area (Å²) in [5.41, 5.74) is 3.02. The first-order valence-corrected chi connectivity index (χ1v) is 12.5. The third-order valence-corrected chi connectivity index (χ3v) is 8.06. The molecule has 0 amide bonds. The van der Waals surface area contributed by atoms with E-state index in [-0.39, 0.29) is 4.90 Å². The lowest BCUT2D eigenvalue weighted by atomic mass is 10.1. The summed E-state index contributed by atoms with van der Waals surface area (Å²) in [4.78, 5) is 11.2. The van der Waals surface area contributed by atoms with Gasteiger partial charge in [-0.1, -0.05) is 41.9 Å². The van der Waals surface area contributed by atoms with Crippen molar-refractivity contribution in [1.29, 1.82) is 0 Å². The fraction of sp³-hybridized carbons (Fsp3) is 0.0833. The van der Waals surface area contributed by atoms with Crippen LogP contribution in [0.3, 0.4) is 0 Å². The fourth-order valence-corrected chi connectivity index (χ4v) is 6.44. The Balaban J connectivity index is 1.70. The van der Waals surface area contributed by atoms with Gasteiger partial charge in [-0.15, -0.1) is 11.3 Å². The third kappa shape index (κ3) is 3.62. The molecule has 5 aromatic rings. The first-order valence-electron chi connectivity index (χ1n) is 9.87. The van der Waals surface area contributed by atoms with Crippen molar-refractivity contribution in [3.05, 3.63) is 83.1 Å². The van der Waals surface area contributed by atoms with Gasteiger partial charge in [-0.05, 0) is 55.1 Å². The van der Waals surface area contributed by atoms with Crippen LogP contribution in [-0.2, 0) is 10.0 Å². The standard InChI is InChI=1S/C24H18ClN3O2S2/c1-14-12-20(28-32(29,30)18-8-5-7-17(25)13-18)21-15(2)23(31-24(21)27-14)22-19-9-4-3-6-16(19)10-11-26-22/h3-13H,1-2H3,(H,27,28). The Morgan fingerprint density at radius 3 is 2.62 bits per heavy atom. The minimum absolute atomic E-state index is 0.108. The number of anilines is 1. The molecule has 1 N–H and O–H groups in total. The van der Waals surface area contributed by atoms with Crippen molar-refractivity contribution < 1.29 is 8.42 Å². The van der Waals surface area contributed by atoms with Crippen LogP contribution in [0.4, 0.5) is 5.69 Å². The van der Waals surface area contributed by atoms with Gasteiger partial charge in [0.15, 0.2) is 0 Å². The number of aromatic nitrogens is 2. The van der Waals surface area contributed by atoms with Crippen molar-refractivity contribution in [1.82, 2.24) is 9.97 Å². The molecule has 2 aromatic carbocycles. The van der Waals surface area contributed by atoms with Crippen molar-refractivity contribution in [3.63, 3.8) is 0 Å². The number of pyridine rings is 2. The number of nitrogens with zero attached hydrogens (tertiary/aromatic N) is 2. The largest absolute Gasteiger partial charge is 0.279 e. The summed E-state index contributed by atoms with van der Waals surface area (Å²) < 4.78 is 28.9. The van der Waals surface area contributed by atoms with Crippen LogP contribution < -0.4 is 4.72 Å². The maximum atomic E-state index is 13.1. The zero-order valence-corrected chi connectivity index (χ0v) is 19.6. The summed E-state index contributed by atoms with van der Waals surface area (Å²) in [5.74, 6) is 0. The van der Waals surface area contributed by atoms with E-state index in [4.69, 9.17) is 11.6 Å². The van der Waals surface area contributed by atoms with E-state index in [1.807, 2.05) is 38.1 Å². The van der Waals surface area contributed by atoms with Gasteiger partial charge >= 0.3 is 0 Å². The molecule has 0 aliphatic heterocycles. The molecule has 3 heterocycles. The highest BCUT2D eigenvalue weighted by Crippen LogP contribution is 2.42. The number of hydrogen-bond acceptors (Lipinski definition) is 5. The van der Waals surface area contributed by atoms with Crippen LogP contribution in [0.25, 0.3) is 31.6 Å². The van der Waals surface area contributed by atoms with Crippen LogP contribution in [0.1, 0.15) is 11.3 Å². The Bertz CT molecular complexity index is 1610. The number of rotatable bonds is 4. The second kappa shape index (κ2) is 7.85. The van der Waals surface area contributed by atoms with Crippen LogP contribution >= 0.6 is 22.9 Å². The molecule has 0 fully saturated rings. The normalized spacial score (nSPS) is 11.8. The first-order chi connectivity index (χ1) is 15.3. The fourth-order valence-electron chi connectivity index (χ4n) is 3.81. The van der Waals surface area contributed by atoms with Gasteiger partial charge in [0.2, 0.25) is 0 Å². The molecule has 3 aromatic heterocycles. The molecule has 0 spiro atoms. The molecule has 0 saturated heterocycles. The Kier molecular flexibility index (Phi) is 5.12. The highest BCUT2D eigenvalue weighted by Gasteiger charge is 2.21. The van der Waals surface area contributed by atoms with Crippen molar-refractivity contribution in [2.75, 3.05) is 4.72 Å². The van der Waals surface area contributed by atoms with Gasteiger partial charge in [-0.3, -0.25) is 9.71 Å². The molecule has 5 rings (SSSR count). The highest BCUT2D eigenvalue weighted by atomic mass is 35.5. The van der Waals surface area contributed by atoms with Crippen LogP contribution in [-0.4, -0.2) is 18.4 Å². The van der Waals surface area contributed by atoms with Crippen molar-refractivity contribution in [2.24, 2.45) is 0 Å². The molecule has 0 aliphatic carbocycles. The van der Waals surface area contributed by atoms with Crippen molar-refractivity contribution >= 4 is 59.6 Å². The lowest BCUT2D eigenvalue weighted by Gasteiger charge is -2.11. The van der Waals surface area contributed by atoms with E-state index in [1.54, 1.807) is 24.4 Å². The zero-order chi connectivity index (χ0) is 22.5. The molecule has 160 valence electrons. The number of halogens is 1. The van der Waals surface area contributed by atoms with Gasteiger partial charge in [0, 0.05) is 27.7 Å². The molecule has 0 radical (unpaired) electrons. The maximum Gasteiger partial charge on any atom is 0.261 e. The molecular formula is C24H18ClN3O2S2. The summed E-state index contributed by atoms with van der Waals surface area (Å²) in [6.07, 6.45) is 1.79. The lowest BCUT2D eigenvalue weighted by Crippen LogP contribution is -2.13. The topological polar surface area (TPSA) is 72.0 Å². The van der Waals surface area contributed by atoms with Crippen LogP contribution in [0.5, 0.6) is 0 Å². The quantitative estimate of drug-likeness (QED) is 0.316. The number of benzene rings is 2. The van der Waals surface area contributed by atoms with E-state index in [2.05, 4.69) is 20.8 Å². The molecular weight excluding hydrogens is 462 g/mol. The minimum atomic E-state index is -3.82. The molecule has 0 unspecified atom stereocenters. The molecule has 0 saturated carbocycles. The number of nitrogens with one attached hydrogen (secondary N) is 1. The first kappa shape index (κ1) is 20.9. The maximum absolute atomic E-state index is 13.1. The molecule has 0 aliphatic rings. The molecule has 32 heavy (non-hydrogen) atoms. The van der Waals surface area contributed by atoms with Gasteiger partial charge < -0.3 is 0 Å². The summed E-state index contributed by atoms with van der Waals surface area (Å²) in [7, 11) is -3.82. The summed E-state index contributed by atoms with van der Waals surface area (Å²) in [5, 5.41) is 3.28. The van der Waals surface area contributed by atoms with Gasteiger partial charge in [0.25, 0.3) is 10.0 Å². The van der Waals surface area contributed by atoms with E-state index < -0.39 is 10.0 Å². The number of hydrogen-bond donors (Lipinski definition) is 1. The van der Waals surface area contributed by atoms with Crippen LogP contribution in [0, 0.1) is 13.8 Å². The Labute approximate surface area is 194 Å². The van der Waals surface area contributed by atoms with Gasteiger partial charge in [0.05, 0.1) is 21.2 Å². The SMILES string of the molecule is Cc1cc(NS(=O)(=O)c2cccc(Cl)c2)c2c(C)c(-c3nccc4ccccc34)sc2n1. The van der Waals surface area contributed by atoms with Gasteiger partial charge in [0.1, 0.15) is 4.83 Å². The molecule has 8 heteroatoms. The molecule has 5 nitrogen and oxygen atoms in total. The summed E-state index contributed by atoms with van der Waals surface area (Å²) in [6.45, 7) is 3.83. The Morgan fingerprint density at radius 1 is 1.00 bits per heavy atom. The third-order valence-electron chi connectivity index (χ3n) is 5.27. The molecule has 0 atom stereocenters.